The Kier molecular flexibility index (Phi) is 3.20. The van der Waals surface area contributed by atoms with Crippen molar-refractivity contribution in [2.75, 3.05) is 6.61 Å². The third-order valence-corrected chi connectivity index (χ3v) is 3.08. The lowest BCUT2D eigenvalue weighted by atomic mass is 9.87. The van der Waals surface area contributed by atoms with Crippen LogP contribution in [0.2, 0.25) is 0 Å². The highest BCUT2D eigenvalue weighted by atomic mass is 16.3. The summed E-state index contributed by atoms with van der Waals surface area (Å²) < 4.78 is 0. The minimum Gasteiger partial charge on any atom is -0.396 e. The van der Waals surface area contributed by atoms with Crippen LogP contribution in [-0.2, 0) is 0 Å². The van der Waals surface area contributed by atoms with Crippen LogP contribution in [0, 0.1) is 5.92 Å². The van der Waals surface area contributed by atoms with Crippen LogP contribution in [0.25, 0.3) is 10.9 Å². The number of aromatic nitrogens is 1. The molecule has 1 heterocycles. The molecule has 0 spiro atoms. The molecule has 1 aromatic carbocycles. The van der Waals surface area contributed by atoms with Crippen molar-refractivity contribution in [2.45, 2.75) is 19.8 Å². The fourth-order valence-electron chi connectivity index (χ4n) is 2.11. The van der Waals surface area contributed by atoms with E-state index < -0.39 is 0 Å². The van der Waals surface area contributed by atoms with Crippen LogP contribution in [-0.4, -0.2) is 16.7 Å². The Bertz CT molecular complexity index is 474. The maximum absolute atomic E-state index is 9.49. The average molecular weight is 215 g/mol. The number of aliphatic hydroxyl groups is 1. The minimum atomic E-state index is 0.186. The number of hydrogen-bond acceptors (Lipinski definition) is 2. The van der Waals surface area contributed by atoms with Crippen molar-refractivity contribution in [1.29, 1.82) is 0 Å². The van der Waals surface area contributed by atoms with Gasteiger partial charge in [-0.25, -0.2) is 0 Å². The van der Waals surface area contributed by atoms with E-state index in [-0.39, 0.29) is 12.5 Å². The first-order valence-electron chi connectivity index (χ1n) is 5.68. The lowest BCUT2D eigenvalue weighted by molar-refractivity contribution is 0.238. The smallest absolute Gasteiger partial charge is 0.0704 e. The third kappa shape index (κ3) is 1.93. The van der Waals surface area contributed by atoms with Crippen LogP contribution in [0.15, 0.2) is 36.5 Å². The predicted molar refractivity (Wildman–Crippen MR) is 66.4 cm³/mol. The average Bonchev–Trinajstić information content (AvgIpc) is 2.30. The van der Waals surface area contributed by atoms with Gasteiger partial charge in [0, 0.05) is 17.5 Å². The fraction of sp³-hybridized carbons (Fsp3) is 0.357. The zero-order valence-electron chi connectivity index (χ0n) is 9.72. The molecule has 0 aliphatic heterocycles. The highest BCUT2D eigenvalue weighted by Crippen LogP contribution is 2.29. The topological polar surface area (TPSA) is 33.1 Å². The van der Waals surface area contributed by atoms with Crippen molar-refractivity contribution >= 4 is 10.9 Å². The Balaban J connectivity index is 2.59. The molecular formula is C14H17NO. The molecule has 0 saturated carbocycles. The maximum Gasteiger partial charge on any atom is 0.0704 e. The summed E-state index contributed by atoms with van der Waals surface area (Å²) in [5.41, 5.74) is 2.20. The van der Waals surface area contributed by atoms with E-state index in [2.05, 4.69) is 24.9 Å². The number of fused-ring (bicyclic) bond motifs is 1. The van der Waals surface area contributed by atoms with Crippen LogP contribution < -0.4 is 0 Å². The molecule has 0 bridgehead atoms. The molecule has 16 heavy (non-hydrogen) atoms. The SMILES string of the molecule is CC(C)C(CO)c1ccnc2ccccc12. The molecular weight excluding hydrogens is 198 g/mol. The van der Waals surface area contributed by atoms with Gasteiger partial charge in [-0.1, -0.05) is 32.0 Å². The molecule has 0 aliphatic carbocycles. The van der Waals surface area contributed by atoms with Gasteiger partial charge >= 0.3 is 0 Å². The van der Waals surface area contributed by atoms with E-state index in [9.17, 15) is 5.11 Å². The van der Waals surface area contributed by atoms with Crippen LogP contribution >= 0.6 is 0 Å². The summed E-state index contributed by atoms with van der Waals surface area (Å²) in [6.07, 6.45) is 1.82. The summed E-state index contributed by atoms with van der Waals surface area (Å²) in [5, 5.41) is 10.6. The van der Waals surface area contributed by atoms with E-state index in [0.717, 1.165) is 10.9 Å². The van der Waals surface area contributed by atoms with E-state index in [1.54, 1.807) is 0 Å². The lowest BCUT2D eigenvalue weighted by Gasteiger charge is -2.20. The molecule has 1 unspecified atom stereocenters. The molecule has 2 rings (SSSR count). The summed E-state index contributed by atoms with van der Waals surface area (Å²) in [4.78, 5) is 4.34. The largest absolute Gasteiger partial charge is 0.396 e. The van der Waals surface area contributed by atoms with Gasteiger partial charge in [-0.2, -0.15) is 0 Å². The number of benzene rings is 1. The number of nitrogens with zero attached hydrogens (tertiary/aromatic N) is 1. The van der Waals surface area contributed by atoms with Crippen molar-refractivity contribution in [3.8, 4) is 0 Å². The van der Waals surface area contributed by atoms with E-state index in [1.165, 1.54) is 5.56 Å². The van der Waals surface area contributed by atoms with E-state index in [1.807, 2.05) is 30.5 Å². The Hall–Kier alpha value is -1.41. The highest BCUT2D eigenvalue weighted by Gasteiger charge is 2.17. The third-order valence-electron chi connectivity index (χ3n) is 3.08. The second-order valence-electron chi connectivity index (χ2n) is 4.45. The molecule has 0 amide bonds. The number of hydrogen-bond donors (Lipinski definition) is 1. The van der Waals surface area contributed by atoms with Gasteiger partial charge < -0.3 is 5.11 Å². The van der Waals surface area contributed by atoms with Crippen LogP contribution in [0.1, 0.15) is 25.3 Å². The molecule has 0 fully saturated rings. The fourth-order valence-corrected chi connectivity index (χ4v) is 2.11. The van der Waals surface area contributed by atoms with Gasteiger partial charge in [-0.15, -0.1) is 0 Å². The number of pyridine rings is 1. The van der Waals surface area contributed by atoms with Crippen molar-refractivity contribution in [3.63, 3.8) is 0 Å². The first-order chi connectivity index (χ1) is 7.74. The molecule has 84 valence electrons. The van der Waals surface area contributed by atoms with Gasteiger partial charge in [0.15, 0.2) is 0 Å². The van der Waals surface area contributed by atoms with Crippen molar-refractivity contribution < 1.29 is 5.11 Å². The standard InChI is InChI=1S/C14H17NO/c1-10(2)13(9-16)11-7-8-15-14-6-4-3-5-12(11)14/h3-8,10,13,16H,9H2,1-2H3. The van der Waals surface area contributed by atoms with E-state index in [0.29, 0.717) is 5.92 Å². The van der Waals surface area contributed by atoms with E-state index in [4.69, 9.17) is 0 Å². The van der Waals surface area contributed by atoms with Gasteiger partial charge in [0.05, 0.1) is 12.1 Å². The molecule has 1 N–H and O–H groups in total. The van der Waals surface area contributed by atoms with Crippen LogP contribution in [0.4, 0.5) is 0 Å². The van der Waals surface area contributed by atoms with Gasteiger partial charge in [0.25, 0.3) is 0 Å². The second-order valence-corrected chi connectivity index (χ2v) is 4.45. The number of rotatable bonds is 3. The van der Waals surface area contributed by atoms with Gasteiger partial charge in [-0.3, -0.25) is 4.98 Å². The Morgan fingerprint density at radius 3 is 2.62 bits per heavy atom. The first-order valence-corrected chi connectivity index (χ1v) is 5.68. The van der Waals surface area contributed by atoms with Gasteiger partial charge in [0.2, 0.25) is 0 Å². The minimum absolute atomic E-state index is 0.186. The summed E-state index contributed by atoms with van der Waals surface area (Å²) in [7, 11) is 0. The molecule has 0 radical (unpaired) electrons. The lowest BCUT2D eigenvalue weighted by Crippen LogP contribution is -2.11. The van der Waals surface area contributed by atoms with Crippen LogP contribution in [0.5, 0.6) is 0 Å². The summed E-state index contributed by atoms with van der Waals surface area (Å²) in [6, 6.07) is 10.1. The summed E-state index contributed by atoms with van der Waals surface area (Å²) >= 11 is 0. The zero-order chi connectivity index (χ0) is 11.5. The van der Waals surface area contributed by atoms with Crippen molar-refractivity contribution in [2.24, 2.45) is 5.92 Å². The molecule has 0 aliphatic rings. The molecule has 0 saturated heterocycles. The second kappa shape index (κ2) is 4.62. The quantitative estimate of drug-likeness (QED) is 0.853. The summed E-state index contributed by atoms with van der Waals surface area (Å²) in [6.45, 7) is 4.46. The zero-order valence-corrected chi connectivity index (χ0v) is 9.72. The highest BCUT2D eigenvalue weighted by molar-refractivity contribution is 5.82. The molecule has 2 heteroatoms. The first kappa shape index (κ1) is 11.1. The van der Waals surface area contributed by atoms with Crippen molar-refractivity contribution in [1.82, 2.24) is 4.98 Å². The van der Waals surface area contributed by atoms with Crippen molar-refractivity contribution in [3.05, 3.63) is 42.1 Å². The Morgan fingerprint density at radius 2 is 1.94 bits per heavy atom. The van der Waals surface area contributed by atoms with Gasteiger partial charge in [-0.05, 0) is 23.6 Å². The molecule has 1 aromatic heterocycles. The van der Waals surface area contributed by atoms with E-state index >= 15 is 0 Å². The summed E-state index contributed by atoms with van der Waals surface area (Å²) in [5.74, 6) is 0.615. The number of aliphatic hydroxyl groups excluding tert-OH is 1. The normalized spacial score (nSPS) is 13.2. The monoisotopic (exact) mass is 215 g/mol. The number of para-hydroxylation sites is 1. The van der Waals surface area contributed by atoms with Gasteiger partial charge in [0.1, 0.15) is 0 Å². The molecule has 2 nitrogen and oxygen atoms in total. The molecule has 1 atom stereocenters. The Morgan fingerprint density at radius 1 is 1.19 bits per heavy atom. The molecule has 2 aromatic rings. The Labute approximate surface area is 96.0 Å². The predicted octanol–water partition coefficient (Wildman–Crippen LogP) is 2.97. The van der Waals surface area contributed by atoms with Crippen LogP contribution in [0.3, 0.4) is 0 Å². The maximum atomic E-state index is 9.49.